The molecule has 0 saturated carbocycles. The van der Waals surface area contributed by atoms with E-state index in [1.807, 2.05) is 30.2 Å². The molecule has 0 bridgehead atoms. The molecule has 2 aromatic heterocycles. The third-order valence-electron chi connectivity index (χ3n) is 6.95. The van der Waals surface area contributed by atoms with E-state index in [2.05, 4.69) is 47.3 Å². The molecule has 2 aliphatic rings. The van der Waals surface area contributed by atoms with Crippen molar-refractivity contribution in [1.29, 1.82) is 0 Å². The van der Waals surface area contributed by atoms with Gasteiger partial charge in [0.25, 0.3) is 5.91 Å². The lowest BCUT2D eigenvalue weighted by Crippen LogP contribution is -2.62. The van der Waals surface area contributed by atoms with E-state index in [-0.39, 0.29) is 12.5 Å². The molecule has 2 aliphatic heterocycles. The number of nitrogens with one attached hydrogen (secondary N) is 2. The maximum Gasteiger partial charge on any atom is 0.260 e. The van der Waals surface area contributed by atoms with Crippen molar-refractivity contribution in [3.05, 3.63) is 47.8 Å². The highest BCUT2D eigenvalue weighted by Crippen LogP contribution is 2.37. The first-order valence-corrected chi connectivity index (χ1v) is 11.6. The highest BCUT2D eigenvalue weighted by molar-refractivity contribution is 5.92. The number of pyridine rings is 1. The summed E-state index contributed by atoms with van der Waals surface area (Å²) in [6.07, 6.45) is 4.15. The van der Waals surface area contributed by atoms with E-state index < -0.39 is 0 Å². The lowest BCUT2D eigenvalue weighted by atomic mass is 9.75. The number of carbonyl (C=O) groups is 1. The average Bonchev–Trinajstić information content (AvgIpc) is 3.15. The van der Waals surface area contributed by atoms with Crippen molar-refractivity contribution in [3.8, 4) is 17.0 Å². The number of fused-ring (bicyclic) bond motifs is 1. The Morgan fingerprint density at radius 3 is 2.81 bits per heavy atom. The average molecular weight is 433 g/mol. The summed E-state index contributed by atoms with van der Waals surface area (Å²) in [4.78, 5) is 22.7. The Bertz CT molecular complexity index is 1150. The minimum atomic E-state index is 0.0853. The van der Waals surface area contributed by atoms with Gasteiger partial charge in [-0.05, 0) is 61.6 Å². The lowest BCUT2D eigenvalue weighted by Gasteiger charge is -2.49. The molecule has 0 atom stereocenters. The van der Waals surface area contributed by atoms with Crippen LogP contribution in [0.15, 0.2) is 36.5 Å². The number of piperidine rings is 1. The standard InChI is InChI=1S/C26H32N4O2/c1-17(2)24-21-12-20(5-6-22(21)29-25(24)19-7-9-28-18(3)11-19)32-13-23(31)30-10-4-8-26(16-30)14-27-15-26/h5-7,9,11-12,17,27,29H,4,8,10,13-16H2,1-3H3. The van der Waals surface area contributed by atoms with Gasteiger partial charge in [-0.2, -0.15) is 0 Å². The van der Waals surface area contributed by atoms with Crippen LogP contribution in [-0.2, 0) is 4.79 Å². The summed E-state index contributed by atoms with van der Waals surface area (Å²) < 4.78 is 5.99. The number of aryl methyl sites for hydroxylation is 1. The number of nitrogens with zero attached hydrogens (tertiary/aromatic N) is 2. The molecule has 2 fully saturated rings. The predicted octanol–water partition coefficient (Wildman–Crippen LogP) is 4.25. The second kappa shape index (κ2) is 8.24. The maximum absolute atomic E-state index is 12.8. The molecule has 32 heavy (non-hydrogen) atoms. The van der Waals surface area contributed by atoms with Crippen LogP contribution in [0, 0.1) is 12.3 Å². The van der Waals surface area contributed by atoms with Gasteiger partial charge in [-0.1, -0.05) is 13.8 Å². The zero-order valence-corrected chi connectivity index (χ0v) is 19.2. The SMILES string of the molecule is Cc1cc(-c2[nH]c3ccc(OCC(=O)N4CCCC5(CNC5)C4)cc3c2C(C)C)ccn1. The van der Waals surface area contributed by atoms with Gasteiger partial charge in [-0.15, -0.1) is 0 Å². The number of rotatable bonds is 5. The molecule has 4 heterocycles. The molecular weight excluding hydrogens is 400 g/mol. The van der Waals surface area contributed by atoms with Crippen molar-refractivity contribution in [1.82, 2.24) is 20.2 Å². The van der Waals surface area contributed by atoms with E-state index in [4.69, 9.17) is 4.74 Å². The fraction of sp³-hybridized carbons (Fsp3) is 0.462. The van der Waals surface area contributed by atoms with Crippen LogP contribution in [0.3, 0.4) is 0 Å². The molecule has 0 radical (unpaired) electrons. The molecule has 3 aromatic rings. The number of likely N-dealkylation sites (tertiary alicyclic amines) is 1. The summed E-state index contributed by atoms with van der Waals surface area (Å²) in [6, 6.07) is 10.2. The summed E-state index contributed by atoms with van der Waals surface area (Å²) in [7, 11) is 0. The van der Waals surface area contributed by atoms with Gasteiger partial charge >= 0.3 is 0 Å². The molecule has 1 amide bonds. The fourth-order valence-electron chi connectivity index (χ4n) is 5.23. The molecule has 6 heteroatoms. The number of aromatic amines is 1. The fourth-order valence-corrected chi connectivity index (χ4v) is 5.23. The summed E-state index contributed by atoms with van der Waals surface area (Å²) >= 11 is 0. The molecule has 6 nitrogen and oxygen atoms in total. The van der Waals surface area contributed by atoms with E-state index in [0.717, 1.165) is 66.2 Å². The molecule has 0 aliphatic carbocycles. The van der Waals surface area contributed by atoms with Gasteiger partial charge < -0.3 is 19.9 Å². The Morgan fingerprint density at radius 1 is 1.25 bits per heavy atom. The van der Waals surface area contributed by atoms with Gasteiger partial charge in [0, 0.05) is 60.0 Å². The van der Waals surface area contributed by atoms with Crippen molar-refractivity contribution in [2.75, 3.05) is 32.8 Å². The zero-order valence-electron chi connectivity index (χ0n) is 19.2. The van der Waals surface area contributed by atoms with E-state index in [1.165, 1.54) is 12.0 Å². The number of benzene rings is 1. The predicted molar refractivity (Wildman–Crippen MR) is 127 cm³/mol. The lowest BCUT2D eigenvalue weighted by molar-refractivity contribution is -0.137. The smallest absolute Gasteiger partial charge is 0.260 e. The van der Waals surface area contributed by atoms with Crippen molar-refractivity contribution >= 4 is 16.8 Å². The number of hydrogen-bond acceptors (Lipinski definition) is 4. The van der Waals surface area contributed by atoms with Crippen LogP contribution in [0.4, 0.5) is 0 Å². The Kier molecular flexibility index (Phi) is 5.41. The number of amides is 1. The minimum Gasteiger partial charge on any atom is -0.484 e. The largest absolute Gasteiger partial charge is 0.484 e. The third-order valence-corrected chi connectivity index (χ3v) is 6.95. The van der Waals surface area contributed by atoms with Crippen LogP contribution < -0.4 is 10.1 Å². The summed E-state index contributed by atoms with van der Waals surface area (Å²) in [5.74, 6) is 1.16. The Balaban J connectivity index is 1.36. The molecular formula is C26H32N4O2. The Labute approximate surface area is 189 Å². The number of hydrogen-bond donors (Lipinski definition) is 2. The van der Waals surface area contributed by atoms with E-state index in [1.54, 1.807) is 0 Å². The molecule has 2 saturated heterocycles. The van der Waals surface area contributed by atoms with Gasteiger partial charge in [0.2, 0.25) is 0 Å². The van der Waals surface area contributed by atoms with Crippen LogP contribution >= 0.6 is 0 Å². The highest BCUT2D eigenvalue weighted by Gasteiger charge is 2.41. The third kappa shape index (κ3) is 3.88. The van der Waals surface area contributed by atoms with Crippen molar-refractivity contribution in [3.63, 3.8) is 0 Å². The summed E-state index contributed by atoms with van der Waals surface area (Å²) in [6.45, 7) is 10.3. The molecule has 2 N–H and O–H groups in total. The monoisotopic (exact) mass is 432 g/mol. The first-order valence-electron chi connectivity index (χ1n) is 11.6. The zero-order chi connectivity index (χ0) is 22.3. The first kappa shape index (κ1) is 21.0. The maximum atomic E-state index is 12.8. The second-order valence-electron chi connectivity index (χ2n) is 9.77. The van der Waals surface area contributed by atoms with Gasteiger partial charge in [0.05, 0.1) is 5.69 Å². The number of carbonyl (C=O) groups excluding carboxylic acids is 1. The van der Waals surface area contributed by atoms with Crippen molar-refractivity contribution < 1.29 is 9.53 Å². The van der Waals surface area contributed by atoms with Crippen molar-refractivity contribution in [2.24, 2.45) is 5.41 Å². The Hall–Kier alpha value is -2.86. The Morgan fingerprint density at radius 2 is 2.09 bits per heavy atom. The van der Waals surface area contributed by atoms with Gasteiger partial charge in [-0.3, -0.25) is 9.78 Å². The molecule has 1 aromatic carbocycles. The van der Waals surface area contributed by atoms with Gasteiger partial charge in [-0.25, -0.2) is 0 Å². The van der Waals surface area contributed by atoms with E-state index in [9.17, 15) is 4.79 Å². The van der Waals surface area contributed by atoms with Crippen LogP contribution in [0.2, 0.25) is 0 Å². The molecule has 168 valence electrons. The summed E-state index contributed by atoms with van der Waals surface area (Å²) in [5, 5.41) is 4.51. The van der Waals surface area contributed by atoms with Crippen LogP contribution in [0.5, 0.6) is 5.75 Å². The van der Waals surface area contributed by atoms with E-state index >= 15 is 0 Å². The first-order chi connectivity index (χ1) is 15.4. The van der Waals surface area contributed by atoms with Crippen molar-refractivity contribution in [2.45, 2.75) is 39.5 Å². The minimum absolute atomic E-state index is 0.0853. The number of aromatic nitrogens is 2. The number of ether oxygens (including phenoxy) is 1. The van der Waals surface area contributed by atoms with E-state index in [0.29, 0.717) is 11.3 Å². The molecule has 1 spiro atoms. The second-order valence-corrected chi connectivity index (χ2v) is 9.77. The summed E-state index contributed by atoms with van der Waals surface area (Å²) in [5.41, 5.74) is 5.90. The topological polar surface area (TPSA) is 70.2 Å². The number of H-pyrrole nitrogens is 1. The van der Waals surface area contributed by atoms with Crippen LogP contribution in [-0.4, -0.2) is 53.6 Å². The highest BCUT2D eigenvalue weighted by atomic mass is 16.5. The molecule has 0 unspecified atom stereocenters. The van der Waals surface area contributed by atoms with Crippen LogP contribution in [0.25, 0.3) is 22.2 Å². The molecule has 5 rings (SSSR count). The normalized spacial score (nSPS) is 17.7. The van der Waals surface area contributed by atoms with Gasteiger partial charge in [0.1, 0.15) is 5.75 Å². The quantitative estimate of drug-likeness (QED) is 0.632. The van der Waals surface area contributed by atoms with Gasteiger partial charge in [0.15, 0.2) is 6.61 Å². The van der Waals surface area contributed by atoms with Crippen LogP contribution in [0.1, 0.15) is 43.9 Å².